The van der Waals surface area contributed by atoms with Crippen LogP contribution in [0, 0.1) is 0 Å². The summed E-state index contributed by atoms with van der Waals surface area (Å²) < 4.78 is 0.715. The van der Waals surface area contributed by atoms with Gasteiger partial charge in [-0.2, -0.15) is 0 Å². The van der Waals surface area contributed by atoms with Crippen molar-refractivity contribution in [1.82, 2.24) is 0 Å². The lowest BCUT2D eigenvalue weighted by Gasteiger charge is -2.08. The van der Waals surface area contributed by atoms with Gasteiger partial charge in [0, 0.05) is 19.3 Å². The van der Waals surface area contributed by atoms with Crippen molar-refractivity contribution in [3.8, 4) is 0 Å². The Bertz CT molecular complexity index is 795. The summed E-state index contributed by atoms with van der Waals surface area (Å²) in [7, 11) is 0. The second kappa shape index (κ2) is 5.65. The second-order valence-electron chi connectivity index (χ2n) is 4.29. The van der Waals surface area contributed by atoms with E-state index in [1.165, 1.54) is 11.8 Å². The lowest BCUT2D eigenvalue weighted by molar-refractivity contribution is -0.112. The van der Waals surface area contributed by atoms with Crippen LogP contribution in [0.1, 0.15) is 10.4 Å². The Morgan fingerprint density at radius 1 is 1.05 bits per heavy atom. The van der Waals surface area contributed by atoms with E-state index in [-0.39, 0.29) is 0 Å². The van der Waals surface area contributed by atoms with Crippen LogP contribution in [0.4, 0.5) is 5.69 Å². The van der Waals surface area contributed by atoms with E-state index in [1.54, 1.807) is 30.3 Å². The maximum atomic E-state index is 11.6. The van der Waals surface area contributed by atoms with Crippen LogP contribution in [-0.2, 0) is 4.79 Å². The lowest BCUT2D eigenvalue weighted by atomic mass is 10.1. The number of ketones is 1. The summed E-state index contributed by atoms with van der Waals surface area (Å²) >= 11 is 16.9. The first-order valence-electron chi connectivity index (χ1n) is 5.78. The first-order chi connectivity index (χ1) is 9.95. The molecular weight excluding hydrogens is 397 g/mol. The number of Topliss-reactive ketones (excluding diaryl/α,β-unsaturated/α-hetero) is 1. The molecule has 2 aromatic carbocycles. The van der Waals surface area contributed by atoms with E-state index in [0.717, 1.165) is 9.79 Å². The van der Waals surface area contributed by atoms with Gasteiger partial charge in [0.05, 0.1) is 16.3 Å². The van der Waals surface area contributed by atoms with Gasteiger partial charge >= 0.3 is 0 Å². The van der Waals surface area contributed by atoms with Gasteiger partial charge in [0.15, 0.2) is 0 Å². The highest BCUT2D eigenvalue weighted by atomic mass is 79.9. The highest BCUT2D eigenvalue weighted by molar-refractivity contribution is 9.10. The standard InChI is InChI=1S/C14H6BrCl2NO2S/c15-8-4-7-10(18-14(20)13(7)19)5-11(8)21-12-3-6(16)1-2-9(12)17/h1-5H,(H,18,19,20). The summed E-state index contributed by atoms with van der Waals surface area (Å²) in [5.74, 6) is -1.14. The predicted molar refractivity (Wildman–Crippen MR) is 87.7 cm³/mol. The van der Waals surface area contributed by atoms with Crippen molar-refractivity contribution < 1.29 is 9.59 Å². The van der Waals surface area contributed by atoms with E-state index in [1.807, 2.05) is 0 Å². The highest BCUT2D eigenvalue weighted by Gasteiger charge is 2.29. The van der Waals surface area contributed by atoms with Gasteiger partial charge in [-0.1, -0.05) is 35.0 Å². The number of amides is 1. The van der Waals surface area contributed by atoms with E-state index in [2.05, 4.69) is 21.2 Å². The quantitative estimate of drug-likeness (QED) is 0.715. The molecule has 0 saturated carbocycles. The summed E-state index contributed by atoms with van der Waals surface area (Å²) in [5.41, 5.74) is 0.877. The zero-order chi connectivity index (χ0) is 15.1. The summed E-state index contributed by atoms with van der Waals surface area (Å²) in [4.78, 5) is 24.6. The van der Waals surface area contributed by atoms with Crippen molar-refractivity contribution >= 4 is 68.3 Å². The minimum Gasteiger partial charge on any atom is -0.318 e. The van der Waals surface area contributed by atoms with Crippen molar-refractivity contribution in [1.29, 1.82) is 0 Å². The molecule has 21 heavy (non-hydrogen) atoms. The molecule has 0 atom stereocenters. The first-order valence-corrected chi connectivity index (χ1v) is 8.14. The topological polar surface area (TPSA) is 46.2 Å². The molecule has 7 heteroatoms. The van der Waals surface area contributed by atoms with Crippen LogP contribution in [0.2, 0.25) is 10.0 Å². The summed E-state index contributed by atoms with van der Waals surface area (Å²) in [6, 6.07) is 8.57. The third-order valence-corrected chi connectivity index (χ3v) is 5.59. The van der Waals surface area contributed by atoms with Crippen LogP contribution in [0.3, 0.4) is 0 Å². The predicted octanol–water partition coefficient (Wildman–Crippen LogP) is 5.04. The maximum absolute atomic E-state index is 11.6. The molecule has 1 heterocycles. The fourth-order valence-electron chi connectivity index (χ4n) is 1.90. The van der Waals surface area contributed by atoms with Crippen molar-refractivity contribution in [3.05, 3.63) is 50.4 Å². The Morgan fingerprint density at radius 2 is 1.81 bits per heavy atom. The van der Waals surface area contributed by atoms with Gasteiger partial charge in [-0.3, -0.25) is 9.59 Å². The minimum atomic E-state index is -0.611. The Labute approximate surface area is 143 Å². The SMILES string of the molecule is O=C1Nc2cc(Sc3cc(Cl)ccc3Cl)c(Br)cc2C1=O. The van der Waals surface area contributed by atoms with Crippen molar-refractivity contribution in [2.45, 2.75) is 9.79 Å². The lowest BCUT2D eigenvalue weighted by Crippen LogP contribution is -2.12. The van der Waals surface area contributed by atoms with Crippen LogP contribution in [0.25, 0.3) is 0 Å². The number of fused-ring (bicyclic) bond motifs is 1. The zero-order valence-electron chi connectivity index (χ0n) is 10.2. The molecule has 3 rings (SSSR count). The van der Waals surface area contributed by atoms with E-state index < -0.39 is 11.7 Å². The minimum absolute atomic E-state index is 0.369. The normalized spacial score (nSPS) is 13.3. The molecule has 2 aromatic rings. The van der Waals surface area contributed by atoms with E-state index in [0.29, 0.717) is 25.8 Å². The number of hydrogen-bond acceptors (Lipinski definition) is 3. The molecule has 0 saturated heterocycles. The van der Waals surface area contributed by atoms with Crippen molar-refractivity contribution in [2.24, 2.45) is 0 Å². The van der Waals surface area contributed by atoms with Gasteiger partial charge in [-0.05, 0) is 46.3 Å². The number of nitrogens with one attached hydrogen (secondary N) is 1. The van der Waals surface area contributed by atoms with Gasteiger partial charge in [0.1, 0.15) is 0 Å². The van der Waals surface area contributed by atoms with Gasteiger partial charge in [-0.25, -0.2) is 0 Å². The molecule has 0 aliphatic carbocycles. The Morgan fingerprint density at radius 3 is 2.57 bits per heavy atom. The average molecular weight is 403 g/mol. The Kier molecular flexibility index (Phi) is 4.01. The van der Waals surface area contributed by atoms with Crippen LogP contribution in [-0.4, -0.2) is 11.7 Å². The summed E-state index contributed by atoms with van der Waals surface area (Å²) in [5, 5.41) is 3.71. The number of carbonyl (C=O) groups excluding carboxylic acids is 2. The monoisotopic (exact) mass is 401 g/mol. The maximum Gasteiger partial charge on any atom is 0.296 e. The molecule has 0 spiro atoms. The van der Waals surface area contributed by atoms with E-state index in [4.69, 9.17) is 23.2 Å². The molecular formula is C14H6BrCl2NO2S. The third-order valence-electron chi connectivity index (χ3n) is 2.88. The number of rotatable bonds is 2. The van der Waals surface area contributed by atoms with Crippen molar-refractivity contribution in [2.75, 3.05) is 5.32 Å². The Balaban J connectivity index is 2.01. The fraction of sp³-hybridized carbons (Fsp3) is 0. The van der Waals surface area contributed by atoms with Gasteiger partial charge in [0.2, 0.25) is 0 Å². The second-order valence-corrected chi connectivity index (χ2v) is 7.07. The number of carbonyl (C=O) groups is 2. The van der Waals surface area contributed by atoms with Gasteiger partial charge in [-0.15, -0.1) is 0 Å². The van der Waals surface area contributed by atoms with E-state index in [9.17, 15) is 9.59 Å². The summed E-state index contributed by atoms with van der Waals surface area (Å²) in [6.45, 7) is 0. The molecule has 0 unspecified atom stereocenters. The fourth-order valence-corrected chi connectivity index (χ4v) is 3.88. The number of hydrogen-bond donors (Lipinski definition) is 1. The van der Waals surface area contributed by atoms with Gasteiger partial charge < -0.3 is 5.32 Å². The molecule has 0 fully saturated rings. The molecule has 3 nitrogen and oxygen atoms in total. The molecule has 0 radical (unpaired) electrons. The smallest absolute Gasteiger partial charge is 0.296 e. The largest absolute Gasteiger partial charge is 0.318 e. The molecule has 1 aliphatic heterocycles. The first kappa shape index (κ1) is 14.9. The average Bonchev–Trinajstić information content (AvgIpc) is 2.70. The van der Waals surface area contributed by atoms with Crippen LogP contribution in [0.15, 0.2) is 44.6 Å². The van der Waals surface area contributed by atoms with Crippen molar-refractivity contribution in [3.63, 3.8) is 0 Å². The summed E-state index contributed by atoms with van der Waals surface area (Å²) in [6.07, 6.45) is 0. The molecule has 0 aromatic heterocycles. The van der Waals surface area contributed by atoms with Crippen LogP contribution in [0.5, 0.6) is 0 Å². The Hall–Kier alpha value is -1.01. The van der Waals surface area contributed by atoms with Crippen LogP contribution < -0.4 is 5.32 Å². The molecule has 106 valence electrons. The molecule has 1 aliphatic rings. The third kappa shape index (κ3) is 2.83. The van der Waals surface area contributed by atoms with E-state index >= 15 is 0 Å². The number of halogens is 3. The molecule has 1 N–H and O–H groups in total. The number of anilines is 1. The zero-order valence-corrected chi connectivity index (χ0v) is 14.2. The molecule has 1 amide bonds. The molecule has 0 bridgehead atoms. The highest BCUT2D eigenvalue weighted by Crippen LogP contribution is 2.41. The number of benzene rings is 2. The van der Waals surface area contributed by atoms with Crippen LogP contribution >= 0.6 is 50.9 Å². The van der Waals surface area contributed by atoms with Gasteiger partial charge in [0.25, 0.3) is 11.7 Å².